The molecule has 124 valence electrons. The molecule has 0 bridgehead atoms. The minimum Gasteiger partial charge on any atom is -0.318 e. The molecule has 2 N–H and O–H groups in total. The second kappa shape index (κ2) is 7.40. The van der Waals surface area contributed by atoms with Crippen LogP contribution >= 0.6 is 0 Å². The predicted octanol–water partition coefficient (Wildman–Crippen LogP) is 1.72. The topological polar surface area (TPSA) is 61.4 Å². The first-order chi connectivity index (χ1) is 9.92. The maximum absolute atomic E-state index is 12.7. The Labute approximate surface area is 130 Å². The van der Waals surface area contributed by atoms with Crippen LogP contribution in [0.25, 0.3) is 0 Å². The van der Waals surface area contributed by atoms with Gasteiger partial charge in [0.15, 0.2) is 0 Å². The van der Waals surface area contributed by atoms with Crippen molar-refractivity contribution in [1.29, 1.82) is 0 Å². The Hall–Kier alpha value is -0.170. The summed E-state index contributed by atoms with van der Waals surface area (Å²) in [5.41, 5.74) is 0. The number of piperidine rings is 1. The summed E-state index contributed by atoms with van der Waals surface area (Å²) >= 11 is 0. The van der Waals surface area contributed by atoms with E-state index in [9.17, 15) is 8.42 Å². The summed E-state index contributed by atoms with van der Waals surface area (Å²) in [5.74, 6) is 1.21. The molecule has 1 heterocycles. The Bertz CT molecular complexity index is 415. The van der Waals surface area contributed by atoms with Crippen molar-refractivity contribution in [3.63, 3.8) is 0 Å². The second-order valence-corrected chi connectivity index (χ2v) is 8.71. The van der Waals surface area contributed by atoms with Crippen molar-refractivity contribution in [2.24, 2.45) is 11.8 Å². The zero-order valence-corrected chi connectivity index (χ0v) is 14.5. The van der Waals surface area contributed by atoms with E-state index in [1.54, 1.807) is 4.31 Å². The summed E-state index contributed by atoms with van der Waals surface area (Å²) < 4.78 is 30.2. The van der Waals surface area contributed by atoms with Crippen molar-refractivity contribution in [3.05, 3.63) is 0 Å². The molecule has 2 aliphatic rings. The van der Waals surface area contributed by atoms with Gasteiger partial charge in [0.25, 0.3) is 10.2 Å². The van der Waals surface area contributed by atoms with Crippen molar-refractivity contribution in [2.45, 2.75) is 64.5 Å². The quantitative estimate of drug-likeness (QED) is 0.811. The molecule has 1 aliphatic heterocycles. The van der Waals surface area contributed by atoms with Crippen LogP contribution in [0.4, 0.5) is 0 Å². The van der Waals surface area contributed by atoms with Gasteiger partial charge >= 0.3 is 0 Å². The Morgan fingerprint density at radius 3 is 2.38 bits per heavy atom. The van der Waals surface area contributed by atoms with Crippen LogP contribution in [0.15, 0.2) is 0 Å². The lowest BCUT2D eigenvalue weighted by Gasteiger charge is -2.37. The van der Waals surface area contributed by atoms with Crippen LogP contribution in [-0.2, 0) is 10.2 Å². The molecule has 0 aromatic carbocycles. The van der Waals surface area contributed by atoms with Crippen LogP contribution in [0.3, 0.4) is 0 Å². The molecule has 1 aliphatic carbocycles. The second-order valence-electron chi connectivity index (χ2n) is 7.06. The molecule has 1 saturated carbocycles. The van der Waals surface area contributed by atoms with E-state index in [4.69, 9.17) is 0 Å². The molecule has 3 unspecified atom stereocenters. The van der Waals surface area contributed by atoms with Crippen molar-refractivity contribution in [1.82, 2.24) is 14.3 Å². The highest BCUT2D eigenvalue weighted by Crippen LogP contribution is 2.29. The van der Waals surface area contributed by atoms with Gasteiger partial charge in [-0.15, -0.1) is 0 Å². The molecule has 0 amide bonds. The summed E-state index contributed by atoms with van der Waals surface area (Å²) in [6.45, 7) is 5.83. The fraction of sp³-hybridized carbons (Fsp3) is 1.00. The molecular formula is C15H31N3O2S. The Morgan fingerprint density at radius 1 is 1.10 bits per heavy atom. The summed E-state index contributed by atoms with van der Waals surface area (Å²) in [5, 5.41) is 3.12. The summed E-state index contributed by atoms with van der Waals surface area (Å²) in [7, 11) is -1.47. The SMILES string of the molecule is CNCC1CCCCN1S(=O)(=O)NC1CC(C)CC(C)C1. The Balaban J connectivity index is 2.02. The van der Waals surface area contributed by atoms with E-state index in [1.807, 2.05) is 7.05 Å². The third-order valence-electron chi connectivity index (χ3n) is 4.82. The number of likely N-dealkylation sites (N-methyl/N-ethyl adjacent to an activating group) is 1. The Morgan fingerprint density at radius 2 is 1.76 bits per heavy atom. The Kier molecular flexibility index (Phi) is 6.05. The van der Waals surface area contributed by atoms with Gasteiger partial charge in [-0.1, -0.05) is 20.3 Å². The van der Waals surface area contributed by atoms with Gasteiger partial charge in [-0.2, -0.15) is 17.4 Å². The van der Waals surface area contributed by atoms with E-state index in [0.717, 1.165) is 38.6 Å². The van der Waals surface area contributed by atoms with E-state index in [2.05, 4.69) is 23.9 Å². The number of hydrogen-bond acceptors (Lipinski definition) is 3. The first-order valence-electron chi connectivity index (χ1n) is 8.36. The first-order valence-corrected chi connectivity index (χ1v) is 9.80. The fourth-order valence-electron chi connectivity index (χ4n) is 4.05. The highest BCUT2D eigenvalue weighted by molar-refractivity contribution is 7.87. The summed E-state index contributed by atoms with van der Waals surface area (Å²) in [6, 6.07) is 0.200. The zero-order valence-electron chi connectivity index (χ0n) is 13.6. The van der Waals surface area contributed by atoms with E-state index >= 15 is 0 Å². The highest BCUT2D eigenvalue weighted by Gasteiger charge is 2.35. The van der Waals surface area contributed by atoms with Gasteiger partial charge in [-0.05, 0) is 51.0 Å². The van der Waals surface area contributed by atoms with E-state index in [-0.39, 0.29) is 12.1 Å². The van der Waals surface area contributed by atoms with Crippen molar-refractivity contribution >= 4 is 10.2 Å². The molecule has 5 nitrogen and oxygen atoms in total. The van der Waals surface area contributed by atoms with Crippen molar-refractivity contribution in [2.75, 3.05) is 20.1 Å². The van der Waals surface area contributed by atoms with Crippen LogP contribution in [0.1, 0.15) is 52.4 Å². The molecule has 0 aromatic rings. The smallest absolute Gasteiger partial charge is 0.279 e. The third kappa shape index (κ3) is 4.65. The first kappa shape index (κ1) is 17.2. The number of nitrogens with zero attached hydrogens (tertiary/aromatic N) is 1. The van der Waals surface area contributed by atoms with Gasteiger partial charge in [0.05, 0.1) is 0 Å². The zero-order chi connectivity index (χ0) is 15.5. The molecule has 2 fully saturated rings. The average Bonchev–Trinajstić information content (AvgIpc) is 2.37. The van der Waals surface area contributed by atoms with Gasteiger partial charge in [-0.25, -0.2) is 0 Å². The summed E-state index contributed by atoms with van der Waals surface area (Å²) in [6.07, 6.45) is 6.19. The lowest BCUT2D eigenvalue weighted by Crippen LogP contribution is -2.54. The van der Waals surface area contributed by atoms with E-state index < -0.39 is 10.2 Å². The molecule has 0 spiro atoms. The number of hydrogen-bond donors (Lipinski definition) is 2. The normalized spacial score (nSPS) is 35.8. The van der Waals surface area contributed by atoms with Gasteiger partial charge in [0, 0.05) is 25.2 Å². The van der Waals surface area contributed by atoms with Gasteiger partial charge < -0.3 is 5.32 Å². The van der Waals surface area contributed by atoms with Crippen molar-refractivity contribution < 1.29 is 8.42 Å². The number of rotatable bonds is 5. The van der Waals surface area contributed by atoms with Gasteiger partial charge in [0.1, 0.15) is 0 Å². The monoisotopic (exact) mass is 317 g/mol. The average molecular weight is 317 g/mol. The van der Waals surface area contributed by atoms with Crippen LogP contribution < -0.4 is 10.0 Å². The van der Waals surface area contributed by atoms with Crippen LogP contribution in [-0.4, -0.2) is 44.9 Å². The summed E-state index contributed by atoms with van der Waals surface area (Å²) in [4.78, 5) is 0. The minimum atomic E-state index is -3.36. The molecule has 6 heteroatoms. The third-order valence-corrected chi connectivity index (χ3v) is 6.55. The fourth-order valence-corrected chi connectivity index (χ4v) is 5.74. The predicted molar refractivity (Wildman–Crippen MR) is 86.3 cm³/mol. The standard InChI is InChI=1S/C15H31N3O2S/c1-12-8-13(2)10-14(9-12)17-21(19,20)18-7-5-4-6-15(18)11-16-3/h12-17H,4-11H2,1-3H3. The van der Waals surface area contributed by atoms with Gasteiger partial charge in [-0.3, -0.25) is 0 Å². The lowest BCUT2D eigenvalue weighted by atomic mass is 9.81. The number of nitrogens with one attached hydrogen (secondary N) is 2. The highest BCUT2D eigenvalue weighted by atomic mass is 32.2. The van der Waals surface area contributed by atoms with Crippen LogP contribution in [0.2, 0.25) is 0 Å². The maximum atomic E-state index is 12.7. The van der Waals surface area contributed by atoms with Crippen LogP contribution in [0.5, 0.6) is 0 Å². The van der Waals surface area contributed by atoms with E-state index in [1.165, 1.54) is 6.42 Å². The lowest BCUT2D eigenvalue weighted by molar-refractivity contribution is 0.230. The molecule has 0 radical (unpaired) electrons. The van der Waals surface area contributed by atoms with E-state index in [0.29, 0.717) is 18.4 Å². The molecular weight excluding hydrogens is 286 g/mol. The van der Waals surface area contributed by atoms with Gasteiger partial charge in [0.2, 0.25) is 0 Å². The maximum Gasteiger partial charge on any atom is 0.279 e. The van der Waals surface area contributed by atoms with Crippen LogP contribution in [0, 0.1) is 11.8 Å². The minimum absolute atomic E-state index is 0.0969. The molecule has 3 atom stereocenters. The largest absolute Gasteiger partial charge is 0.318 e. The molecule has 2 rings (SSSR count). The van der Waals surface area contributed by atoms with Crippen molar-refractivity contribution in [3.8, 4) is 0 Å². The molecule has 21 heavy (non-hydrogen) atoms. The molecule has 0 aromatic heterocycles. The molecule has 1 saturated heterocycles.